The molecule has 30 heavy (non-hydrogen) atoms. The Labute approximate surface area is 174 Å². The summed E-state index contributed by atoms with van der Waals surface area (Å²) in [5.41, 5.74) is 2.90. The van der Waals surface area contributed by atoms with E-state index >= 15 is 0 Å². The Morgan fingerprint density at radius 2 is 1.60 bits per heavy atom. The second-order valence-corrected chi connectivity index (χ2v) is 6.78. The van der Waals surface area contributed by atoms with Gasteiger partial charge in [0.15, 0.2) is 11.9 Å². The van der Waals surface area contributed by atoms with Crippen LogP contribution in [0.2, 0.25) is 0 Å². The average molecular weight is 406 g/mol. The maximum absolute atomic E-state index is 12.7. The maximum Gasteiger partial charge on any atom is 0.341 e. The SMILES string of the molecule is Cc1cccc(C)c1NC(=O)[C@@H](C)OC(=O)c1ccccc1NC(=O)c1ccco1. The number of ether oxygens (including phenoxy) is 1. The molecule has 2 aromatic carbocycles. The van der Waals surface area contributed by atoms with E-state index in [1.165, 1.54) is 25.3 Å². The van der Waals surface area contributed by atoms with E-state index in [1.54, 1.807) is 24.3 Å². The molecule has 7 nitrogen and oxygen atoms in total. The monoisotopic (exact) mass is 406 g/mol. The van der Waals surface area contributed by atoms with Gasteiger partial charge in [-0.3, -0.25) is 9.59 Å². The topological polar surface area (TPSA) is 97.6 Å². The van der Waals surface area contributed by atoms with Crippen LogP contribution in [-0.2, 0) is 9.53 Å². The van der Waals surface area contributed by atoms with Crippen molar-refractivity contribution in [2.45, 2.75) is 26.9 Å². The van der Waals surface area contributed by atoms with Gasteiger partial charge in [-0.05, 0) is 56.2 Å². The fourth-order valence-corrected chi connectivity index (χ4v) is 2.88. The number of amides is 2. The molecule has 0 aliphatic heterocycles. The number of anilines is 2. The van der Waals surface area contributed by atoms with Crippen LogP contribution in [0.15, 0.2) is 65.3 Å². The number of hydrogen-bond acceptors (Lipinski definition) is 5. The molecule has 3 aromatic rings. The number of aryl methyl sites for hydroxylation is 2. The van der Waals surface area contributed by atoms with Crippen LogP contribution in [0.5, 0.6) is 0 Å². The minimum atomic E-state index is -1.04. The molecule has 0 aliphatic carbocycles. The number of carbonyl (C=O) groups excluding carboxylic acids is 3. The summed E-state index contributed by atoms with van der Waals surface area (Å²) in [6.07, 6.45) is 0.344. The van der Waals surface area contributed by atoms with Crippen LogP contribution in [0.3, 0.4) is 0 Å². The van der Waals surface area contributed by atoms with Gasteiger partial charge in [0.25, 0.3) is 11.8 Å². The van der Waals surface area contributed by atoms with Crippen molar-refractivity contribution in [2.75, 3.05) is 10.6 Å². The number of furan rings is 1. The number of carbonyl (C=O) groups is 3. The number of esters is 1. The van der Waals surface area contributed by atoms with Gasteiger partial charge in [0.2, 0.25) is 0 Å². The number of benzene rings is 2. The fraction of sp³-hybridized carbons (Fsp3) is 0.174. The zero-order chi connectivity index (χ0) is 21.7. The lowest BCUT2D eigenvalue weighted by Gasteiger charge is -2.17. The van der Waals surface area contributed by atoms with E-state index < -0.39 is 23.9 Å². The van der Waals surface area contributed by atoms with Gasteiger partial charge in [-0.2, -0.15) is 0 Å². The van der Waals surface area contributed by atoms with Crippen molar-refractivity contribution in [1.82, 2.24) is 0 Å². The molecule has 1 atom stereocenters. The van der Waals surface area contributed by atoms with E-state index in [-0.39, 0.29) is 17.0 Å². The highest BCUT2D eigenvalue weighted by atomic mass is 16.5. The Morgan fingerprint density at radius 1 is 0.900 bits per heavy atom. The van der Waals surface area contributed by atoms with Crippen LogP contribution in [0.25, 0.3) is 0 Å². The molecular formula is C23H22N2O5. The third-order valence-corrected chi connectivity index (χ3v) is 4.52. The van der Waals surface area contributed by atoms with Crippen molar-refractivity contribution in [3.63, 3.8) is 0 Å². The van der Waals surface area contributed by atoms with Gasteiger partial charge in [-0.1, -0.05) is 30.3 Å². The molecule has 0 aliphatic rings. The summed E-state index contributed by atoms with van der Waals surface area (Å²) >= 11 is 0. The number of para-hydroxylation sites is 2. The zero-order valence-corrected chi connectivity index (χ0v) is 16.9. The first-order valence-electron chi connectivity index (χ1n) is 9.38. The molecule has 154 valence electrons. The predicted octanol–water partition coefficient (Wildman–Crippen LogP) is 4.33. The van der Waals surface area contributed by atoms with Crippen LogP contribution in [-0.4, -0.2) is 23.9 Å². The van der Waals surface area contributed by atoms with Crippen LogP contribution in [0.4, 0.5) is 11.4 Å². The third-order valence-electron chi connectivity index (χ3n) is 4.52. The molecule has 0 bridgehead atoms. The van der Waals surface area contributed by atoms with Gasteiger partial charge < -0.3 is 19.8 Å². The lowest BCUT2D eigenvalue weighted by Crippen LogP contribution is -2.30. The van der Waals surface area contributed by atoms with Crippen molar-refractivity contribution in [3.8, 4) is 0 Å². The van der Waals surface area contributed by atoms with Crippen molar-refractivity contribution in [2.24, 2.45) is 0 Å². The molecule has 3 rings (SSSR count). The van der Waals surface area contributed by atoms with Crippen LogP contribution < -0.4 is 10.6 Å². The molecule has 0 spiro atoms. The summed E-state index contributed by atoms with van der Waals surface area (Å²) in [6, 6.07) is 15.2. The molecule has 2 amide bonds. The van der Waals surface area contributed by atoms with E-state index in [9.17, 15) is 14.4 Å². The highest BCUT2D eigenvalue weighted by molar-refractivity contribution is 6.07. The Balaban J connectivity index is 1.69. The smallest absolute Gasteiger partial charge is 0.341 e. The first kappa shape index (κ1) is 20.9. The van der Waals surface area contributed by atoms with E-state index in [4.69, 9.17) is 9.15 Å². The zero-order valence-electron chi connectivity index (χ0n) is 16.9. The Bertz CT molecular complexity index is 1050. The maximum atomic E-state index is 12.7. The van der Waals surface area contributed by atoms with E-state index in [0.29, 0.717) is 5.69 Å². The van der Waals surface area contributed by atoms with Crippen molar-refractivity contribution in [1.29, 1.82) is 0 Å². The minimum Gasteiger partial charge on any atom is -0.459 e. The highest BCUT2D eigenvalue weighted by Crippen LogP contribution is 2.21. The van der Waals surface area contributed by atoms with Crippen LogP contribution in [0.1, 0.15) is 39.0 Å². The lowest BCUT2D eigenvalue weighted by atomic mass is 10.1. The van der Waals surface area contributed by atoms with Gasteiger partial charge in [-0.15, -0.1) is 0 Å². The predicted molar refractivity (Wildman–Crippen MR) is 113 cm³/mol. The molecule has 1 heterocycles. The second-order valence-electron chi connectivity index (χ2n) is 6.78. The van der Waals surface area contributed by atoms with E-state index in [0.717, 1.165) is 11.1 Å². The van der Waals surface area contributed by atoms with Gasteiger partial charge >= 0.3 is 5.97 Å². The highest BCUT2D eigenvalue weighted by Gasteiger charge is 2.22. The molecule has 0 radical (unpaired) electrons. The standard InChI is InChI=1S/C23H22N2O5/c1-14-8-6-9-15(2)20(14)25-21(26)16(3)30-23(28)17-10-4-5-11-18(17)24-22(27)19-12-7-13-29-19/h4-13,16H,1-3H3,(H,24,27)(H,25,26)/t16-/m1/s1. The van der Waals surface area contributed by atoms with Gasteiger partial charge in [0.1, 0.15) is 0 Å². The average Bonchev–Trinajstić information content (AvgIpc) is 3.26. The molecule has 0 fully saturated rings. The number of hydrogen-bond donors (Lipinski definition) is 2. The van der Waals surface area contributed by atoms with Crippen LogP contribution >= 0.6 is 0 Å². The number of nitrogens with one attached hydrogen (secondary N) is 2. The molecule has 0 saturated heterocycles. The molecule has 0 saturated carbocycles. The van der Waals surface area contributed by atoms with Crippen molar-refractivity contribution in [3.05, 3.63) is 83.3 Å². The van der Waals surface area contributed by atoms with Gasteiger partial charge in [0.05, 0.1) is 17.5 Å². The molecule has 0 unspecified atom stereocenters. The summed E-state index contributed by atoms with van der Waals surface area (Å²) in [5.74, 6) is -1.56. The molecular weight excluding hydrogens is 384 g/mol. The summed E-state index contributed by atoms with van der Waals surface area (Å²) in [4.78, 5) is 37.4. The Morgan fingerprint density at radius 3 is 2.27 bits per heavy atom. The molecule has 1 aromatic heterocycles. The molecule has 7 heteroatoms. The summed E-state index contributed by atoms with van der Waals surface area (Å²) < 4.78 is 10.4. The Kier molecular flexibility index (Phi) is 6.32. The normalized spacial score (nSPS) is 11.4. The largest absolute Gasteiger partial charge is 0.459 e. The molecule has 2 N–H and O–H groups in total. The summed E-state index contributed by atoms with van der Waals surface area (Å²) in [5, 5.41) is 5.42. The summed E-state index contributed by atoms with van der Waals surface area (Å²) in [6.45, 7) is 5.26. The quantitative estimate of drug-likeness (QED) is 0.594. The number of rotatable bonds is 6. The first-order valence-corrected chi connectivity index (χ1v) is 9.38. The fourth-order valence-electron chi connectivity index (χ4n) is 2.88. The van der Waals surface area contributed by atoms with Crippen molar-refractivity contribution >= 4 is 29.2 Å². The van der Waals surface area contributed by atoms with Gasteiger partial charge in [-0.25, -0.2) is 4.79 Å². The summed E-state index contributed by atoms with van der Waals surface area (Å²) in [7, 11) is 0. The van der Waals surface area contributed by atoms with Crippen LogP contribution in [0, 0.1) is 13.8 Å². The second kappa shape index (κ2) is 9.09. The van der Waals surface area contributed by atoms with Gasteiger partial charge in [0, 0.05) is 5.69 Å². The van der Waals surface area contributed by atoms with E-state index in [1.807, 2.05) is 32.0 Å². The first-order chi connectivity index (χ1) is 14.4. The third kappa shape index (κ3) is 4.75. The van der Waals surface area contributed by atoms with Crippen molar-refractivity contribution < 1.29 is 23.5 Å². The van der Waals surface area contributed by atoms with E-state index in [2.05, 4.69) is 10.6 Å². The minimum absolute atomic E-state index is 0.111. The Hall–Kier alpha value is -3.87. The lowest BCUT2D eigenvalue weighted by molar-refractivity contribution is -0.123.